The van der Waals surface area contributed by atoms with E-state index < -0.39 is 0 Å². The van der Waals surface area contributed by atoms with Gasteiger partial charge >= 0.3 is 0 Å². The SMILES string of the molecule is Cc1cc(N2CCN(Cc3cnc(C)s3)CC2)cc(C2CCCN2)n1. The van der Waals surface area contributed by atoms with Crippen LogP contribution in [0.15, 0.2) is 18.3 Å². The topological polar surface area (TPSA) is 44.3 Å². The van der Waals surface area contributed by atoms with E-state index in [0.29, 0.717) is 6.04 Å². The lowest BCUT2D eigenvalue weighted by Crippen LogP contribution is -2.46. The Morgan fingerprint density at radius 2 is 2.04 bits per heavy atom. The minimum Gasteiger partial charge on any atom is -0.369 e. The maximum atomic E-state index is 4.78. The largest absolute Gasteiger partial charge is 0.369 e. The van der Waals surface area contributed by atoms with Gasteiger partial charge in [0.05, 0.1) is 10.7 Å². The molecule has 134 valence electrons. The molecule has 0 spiro atoms. The molecule has 1 atom stereocenters. The summed E-state index contributed by atoms with van der Waals surface area (Å²) in [4.78, 5) is 15.6. The molecule has 1 N–H and O–H groups in total. The summed E-state index contributed by atoms with van der Waals surface area (Å²) < 4.78 is 0. The summed E-state index contributed by atoms with van der Waals surface area (Å²) in [6, 6.07) is 4.98. The highest BCUT2D eigenvalue weighted by atomic mass is 32.1. The fraction of sp³-hybridized carbons (Fsp3) is 0.579. The van der Waals surface area contributed by atoms with Crippen molar-refractivity contribution in [3.05, 3.63) is 39.6 Å². The van der Waals surface area contributed by atoms with Crippen LogP contribution in [0.1, 0.15) is 40.2 Å². The Morgan fingerprint density at radius 1 is 1.20 bits per heavy atom. The highest BCUT2D eigenvalue weighted by Crippen LogP contribution is 2.27. The molecule has 5 nitrogen and oxygen atoms in total. The van der Waals surface area contributed by atoms with Gasteiger partial charge in [-0.15, -0.1) is 11.3 Å². The van der Waals surface area contributed by atoms with Gasteiger partial charge in [-0.05, 0) is 45.4 Å². The number of pyridine rings is 1. The number of nitrogens with one attached hydrogen (secondary N) is 1. The minimum absolute atomic E-state index is 0.439. The molecule has 0 aromatic carbocycles. The Labute approximate surface area is 154 Å². The maximum absolute atomic E-state index is 4.78. The molecule has 0 radical (unpaired) electrons. The van der Waals surface area contributed by atoms with E-state index in [4.69, 9.17) is 4.98 Å². The second-order valence-electron chi connectivity index (χ2n) is 7.15. The predicted octanol–water partition coefficient (Wildman–Crippen LogP) is 2.90. The second kappa shape index (κ2) is 7.40. The van der Waals surface area contributed by atoms with E-state index in [1.807, 2.05) is 17.5 Å². The molecular formula is C19H27N5S. The van der Waals surface area contributed by atoms with E-state index in [0.717, 1.165) is 50.0 Å². The predicted molar refractivity (Wildman–Crippen MR) is 103 cm³/mol. The van der Waals surface area contributed by atoms with Gasteiger partial charge < -0.3 is 10.2 Å². The Hall–Kier alpha value is -1.50. The van der Waals surface area contributed by atoms with Crippen LogP contribution in [-0.2, 0) is 6.54 Å². The van der Waals surface area contributed by atoms with Crippen molar-refractivity contribution in [1.82, 2.24) is 20.2 Å². The Kier molecular flexibility index (Phi) is 5.01. The van der Waals surface area contributed by atoms with Gasteiger partial charge in [0.15, 0.2) is 0 Å². The number of anilines is 1. The zero-order chi connectivity index (χ0) is 17.2. The van der Waals surface area contributed by atoms with Crippen LogP contribution in [-0.4, -0.2) is 47.6 Å². The van der Waals surface area contributed by atoms with Crippen molar-refractivity contribution in [3.63, 3.8) is 0 Å². The molecule has 4 rings (SSSR count). The molecule has 4 heterocycles. The van der Waals surface area contributed by atoms with Crippen LogP contribution < -0.4 is 10.2 Å². The van der Waals surface area contributed by atoms with Crippen molar-refractivity contribution >= 4 is 17.0 Å². The Balaban J connectivity index is 1.40. The van der Waals surface area contributed by atoms with E-state index in [9.17, 15) is 0 Å². The van der Waals surface area contributed by atoms with Gasteiger partial charge in [0.2, 0.25) is 0 Å². The summed E-state index contributed by atoms with van der Waals surface area (Å²) in [5.74, 6) is 0. The molecule has 2 aromatic rings. The van der Waals surface area contributed by atoms with Crippen molar-refractivity contribution in [3.8, 4) is 0 Å². The third-order valence-electron chi connectivity index (χ3n) is 5.16. The van der Waals surface area contributed by atoms with Crippen molar-refractivity contribution in [2.75, 3.05) is 37.6 Å². The summed E-state index contributed by atoms with van der Waals surface area (Å²) in [6.07, 6.45) is 4.49. The molecule has 2 aliphatic rings. The van der Waals surface area contributed by atoms with Gasteiger partial charge in [0.25, 0.3) is 0 Å². The number of nitrogens with zero attached hydrogens (tertiary/aromatic N) is 4. The molecule has 0 amide bonds. The van der Waals surface area contributed by atoms with Gasteiger partial charge in [-0.2, -0.15) is 0 Å². The highest BCUT2D eigenvalue weighted by Gasteiger charge is 2.22. The molecule has 25 heavy (non-hydrogen) atoms. The molecule has 2 fully saturated rings. The van der Waals surface area contributed by atoms with Crippen molar-refractivity contribution in [2.45, 2.75) is 39.3 Å². The summed E-state index contributed by atoms with van der Waals surface area (Å²) in [6.45, 7) is 10.7. The van der Waals surface area contributed by atoms with Gasteiger partial charge in [0, 0.05) is 61.2 Å². The van der Waals surface area contributed by atoms with Crippen molar-refractivity contribution in [2.24, 2.45) is 0 Å². The van der Waals surface area contributed by atoms with E-state index >= 15 is 0 Å². The fourth-order valence-electron chi connectivity index (χ4n) is 3.84. The third kappa shape index (κ3) is 4.02. The molecule has 0 saturated carbocycles. The van der Waals surface area contributed by atoms with Gasteiger partial charge in [-0.25, -0.2) is 4.98 Å². The first-order chi connectivity index (χ1) is 12.2. The average Bonchev–Trinajstić information content (AvgIpc) is 3.27. The zero-order valence-electron chi connectivity index (χ0n) is 15.2. The van der Waals surface area contributed by atoms with Crippen molar-refractivity contribution < 1.29 is 0 Å². The first-order valence-corrected chi connectivity index (χ1v) is 10.1. The van der Waals surface area contributed by atoms with Crippen LogP contribution >= 0.6 is 11.3 Å². The first kappa shape index (κ1) is 16.9. The summed E-state index contributed by atoms with van der Waals surface area (Å²) >= 11 is 1.81. The third-order valence-corrected chi connectivity index (χ3v) is 6.06. The number of aryl methyl sites for hydroxylation is 2. The van der Waals surface area contributed by atoms with Gasteiger partial charge in [0.1, 0.15) is 0 Å². The van der Waals surface area contributed by atoms with Gasteiger partial charge in [-0.1, -0.05) is 0 Å². The Morgan fingerprint density at radius 3 is 2.72 bits per heavy atom. The molecule has 2 aliphatic heterocycles. The number of hydrogen-bond donors (Lipinski definition) is 1. The lowest BCUT2D eigenvalue weighted by molar-refractivity contribution is 0.252. The number of rotatable bonds is 4. The number of aromatic nitrogens is 2. The number of piperazine rings is 1. The van der Waals surface area contributed by atoms with E-state index in [1.54, 1.807) is 0 Å². The first-order valence-electron chi connectivity index (χ1n) is 9.28. The zero-order valence-corrected chi connectivity index (χ0v) is 16.0. The van der Waals surface area contributed by atoms with Crippen LogP contribution in [0.25, 0.3) is 0 Å². The van der Waals surface area contributed by atoms with Crippen LogP contribution in [0.2, 0.25) is 0 Å². The molecular weight excluding hydrogens is 330 g/mol. The molecule has 0 bridgehead atoms. The summed E-state index contributed by atoms with van der Waals surface area (Å²) in [5, 5.41) is 4.73. The standard InChI is InChI=1S/C19H27N5S/c1-14-10-16(11-19(22-14)18-4-3-5-20-18)24-8-6-23(7-9-24)13-17-12-21-15(2)25-17/h10-12,18,20H,3-9,13H2,1-2H3. The lowest BCUT2D eigenvalue weighted by Gasteiger charge is -2.36. The minimum atomic E-state index is 0.439. The normalized spacial score (nSPS) is 21.8. The number of thiazole rings is 1. The molecule has 2 saturated heterocycles. The summed E-state index contributed by atoms with van der Waals surface area (Å²) in [5.41, 5.74) is 3.68. The van der Waals surface area contributed by atoms with Crippen LogP contribution in [0.4, 0.5) is 5.69 Å². The van der Waals surface area contributed by atoms with E-state index in [2.05, 4.69) is 46.1 Å². The van der Waals surface area contributed by atoms with E-state index in [1.165, 1.54) is 29.1 Å². The maximum Gasteiger partial charge on any atom is 0.0897 e. The van der Waals surface area contributed by atoms with Crippen LogP contribution in [0, 0.1) is 13.8 Å². The quantitative estimate of drug-likeness (QED) is 0.911. The second-order valence-corrected chi connectivity index (χ2v) is 8.47. The average molecular weight is 358 g/mol. The highest BCUT2D eigenvalue weighted by molar-refractivity contribution is 7.11. The number of hydrogen-bond acceptors (Lipinski definition) is 6. The van der Waals surface area contributed by atoms with Gasteiger partial charge in [-0.3, -0.25) is 9.88 Å². The molecule has 6 heteroatoms. The molecule has 0 aliphatic carbocycles. The van der Waals surface area contributed by atoms with E-state index in [-0.39, 0.29) is 0 Å². The summed E-state index contributed by atoms with van der Waals surface area (Å²) in [7, 11) is 0. The fourth-order valence-corrected chi connectivity index (χ4v) is 4.67. The molecule has 2 aromatic heterocycles. The smallest absolute Gasteiger partial charge is 0.0897 e. The monoisotopic (exact) mass is 357 g/mol. The lowest BCUT2D eigenvalue weighted by atomic mass is 10.1. The Bertz CT molecular complexity index is 714. The van der Waals surface area contributed by atoms with Crippen molar-refractivity contribution in [1.29, 1.82) is 0 Å². The molecule has 1 unspecified atom stereocenters. The van der Waals surface area contributed by atoms with Crippen LogP contribution in [0.3, 0.4) is 0 Å². The van der Waals surface area contributed by atoms with Crippen LogP contribution in [0.5, 0.6) is 0 Å².